The summed E-state index contributed by atoms with van der Waals surface area (Å²) in [5.74, 6) is -0.913. The van der Waals surface area contributed by atoms with Crippen LogP contribution in [0.5, 0.6) is 0 Å². The van der Waals surface area contributed by atoms with Gasteiger partial charge in [-0.15, -0.1) is 10.2 Å². The van der Waals surface area contributed by atoms with Gasteiger partial charge in [0.25, 0.3) is 0 Å². The monoisotopic (exact) mass is 297 g/mol. The maximum absolute atomic E-state index is 14.6. The predicted octanol–water partition coefficient (Wildman–Crippen LogP) is 2.54. The minimum atomic E-state index is -0.656. The van der Waals surface area contributed by atoms with E-state index in [0.717, 1.165) is 0 Å². The lowest BCUT2D eigenvalue weighted by molar-refractivity contribution is 0.566. The first-order valence-electron chi connectivity index (χ1n) is 6.61. The maximum atomic E-state index is 14.6. The van der Waals surface area contributed by atoms with E-state index in [1.165, 1.54) is 16.8 Å². The molecule has 0 aliphatic heterocycles. The average molecular weight is 297 g/mol. The van der Waals surface area contributed by atoms with Crippen molar-refractivity contribution in [2.75, 3.05) is 0 Å². The highest BCUT2D eigenvalue weighted by atomic mass is 19.1. The third-order valence-electron chi connectivity index (χ3n) is 3.47. The second-order valence-corrected chi connectivity index (χ2v) is 4.81. The summed E-state index contributed by atoms with van der Waals surface area (Å²) in [7, 11) is 0. The van der Waals surface area contributed by atoms with Crippen LogP contribution in [0.4, 0.5) is 8.78 Å². The molecule has 22 heavy (non-hydrogen) atoms. The summed E-state index contributed by atoms with van der Waals surface area (Å²) in [4.78, 5) is 3.97. The molecule has 0 spiro atoms. The van der Waals surface area contributed by atoms with E-state index >= 15 is 0 Å². The van der Waals surface area contributed by atoms with Gasteiger partial charge >= 0.3 is 0 Å². The summed E-state index contributed by atoms with van der Waals surface area (Å²) in [6.45, 7) is 0. The number of nitrogens with zero attached hydrogens (tertiary/aromatic N) is 5. The summed E-state index contributed by atoms with van der Waals surface area (Å²) in [5.41, 5.74) is 0.742. The standard InChI is InChI=1S/C15H9F2N5/c16-11-8-12-9(3-1-5-18-12)15(17)10(11)7-14-21-20-13-4-2-6-19-22(13)14/h1-6,8H,7H2. The Labute approximate surface area is 123 Å². The van der Waals surface area contributed by atoms with Crippen LogP contribution in [0.2, 0.25) is 0 Å². The maximum Gasteiger partial charge on any atom is 0.177 e. The Bertz CT molecular complexity index is 996. The Morgan fingerprint density at radius 1 is 1.05 bits per heavy atom. The van der Waals surface area contributed by atoms with Crippen molar-refractivity contribution in [3.05, 3.63) is 65.7 Å². The fourth-order valence-corrected chi connectivity index (χ4v) is 2.41. The Morgan fingerprint density at radius 3 is 2.82 bits per heavy atom. The molecule has 5 nitrogen and oxygen atoms in total. The van der Waals surface area contributed by atoms with Gasteiger partial charge in [0.2, 0.25) is 0 Å². The molecule has 0 amide bonds. The Morgan fingerprint density at radius 2 is 1.91 bits per heavy atom. The molecule has 0 radical (unpaired) electrons. The van der Waals surface area contributed by atoms with Crippen molar-refractivity contribution in [2.24, 2.45) is 0 Å². The number of fused-ring (bicyclic) bond motifs is 2. The van der Waals surface area contributed by atoms with Gasteiger partial charge in [-0.3, -0.25) is 4.98 Å². The molecule has 0 bridgehead atoms. The number of benzene rings is 1. The molecule has 0 aliphatic rings. The van der Waals surface area contributed by atoms with Gasteiger partial charge in [-0.2, -0.15) is 9.61 Å². The normalized spacial score (nSPS) is 11.4. The van der Waals surface area contributed by atoms with Crippen molar-refractivity contribution in [3.63, 3.8) is 0 Å². The van der Waals surface area contributed by atoms with Crippen molar-refractivity contribution in [1.29, 1.82) is 0 Å². The lowest BCUT2D eigenvalue weighted by Gasteiger charge is -2.07. The summed E-state index contributed by atoms with van der Waals surface area (Å²) in [6.07, 6.45) is 3.02. The van der Waals surface area contributed by atoms with E-state index in [-0.39, 0.29) is 22.9 Å². The minimum absolute atomic E-state index is 0.0410. The molecule has 108 valence electrons. The highest BCUT2D eigenvalue weighted by Crippen LogP contribution is 2.24. The molecule has 0 atom stereocenters. The van der Waals surface area contributed by atoms with Crippen molar-refractivity contribution < 1.29 is 8.78 Å². The van der Waals surface area contributed by atoms with Gasteiger partial charge in [0.1, 0.15) is 11.6 Å². The first-order chi connectivity index (χ1) is 10.7. The molecule has 4 rings (SSSR count). The number of aromatic nitrogens is 5. The number of halogens is 2. The van der Waals surface area contributed by atoms with Gasteiger partial charge in [0, 0.05) is 35.8 Å². The smallest absolute Gasteiger partial charge is 0.177 e. The van der Waals surface area contributed by atoms with Gasteiger partial charge in [-0.05, 0) is 24.3 Å². The van der Waals surface area contributed by atoms with Crippen LogP contribution >= 0.6 is 0 Å². The zero-order chi connectivity index (χ0) is 15.1. The highest BCUT2D eigenvalue weighted by molar-refractivity contribution is 5.80. The Hall–Kier alpha value is -2.96. The topological polar surface area (TPSA) is 56.0 Å². The van der Waals surface area contributed by atoms with Crippen LogP contribution < -0.4 is 0 Å². The molecule has 7 heteroatoms. The number of hydrogen-bond acceptors (Lipinski definition) is 4. The second kappa shape index (κ2) is 4.80. The molecule has 0 aliphatic carbocycles. The van der Waals surface area contributed by atoms with Gasteiger partial charge < -0.3 is 0 Å². The quantitative estimate of drug-likeness (QED) is 0.570. The predicted molar refractivity (Wildman–Crippen MR) is 75.2 cm³/mol. The van der Waals surface area contributed by atoms with Crippen LogP contribution in [0.25, 0.3) is 16.6 Å². The van der Waals surface area contributed by atoms with Crippen LogP contribution in [-0.2, 0) is 6.42 Å². The van der Waals surface area contributed by atoms with Gasteiger partial charge in [-0.25, -0.2) is 8.78 Å². The van der Waals surface area contributed by atoms with Crippen molar-refractivity contribution in [2.45, 2.75) is 6.42 Å². The van der Waals surface area contributed by atoms with E-state index in [1.54, 1.807) is 30.5 Å². The van der Waals surface area contributed by atoms with Crippen molar-refractivity contribution in [3.8, 4) is 0 Å². The fourth-order valence-electron chi connectivity index (χ4n) is 2.41. The van der Waals surface area contributed by atoms with Gasteiger partial charge in [0.05, 0.1) is 5.52 Å². The van der Waals surface area contributed by atoms with Crippen molar-refractivity contribution in [1.82, 2.24) is 24.8 Å². The third-order valence-corrected chi connectivity index (χ3v) is 3.47. The SMILES string of the molecule is Fc1cc2ncccc2c(F)c1Cc1nnc2cccnn12. The highest BCUT2D eigenvalue weighted by Gasteiger charge is 2.17. The minimum Gasteiger partial charge on any atom is -0.256 e. The van der Waals surface area contributed by atoms with Gasteiger partial charge in [0.15, 0.2) is 11.5 Å². The van der Waals surface area contributed by atoms with E-state index in [0.29, 0.717) is 11.5 Å². The van der Waals surface area contributed by atoms with E-state index in [1.807, 2.05) is 0 Å². The summed E-state index contributed by atoms with van der Waals surface area (Å²) in [6, 6.07) is 7.85. The molecular weight excluding hydrogens is 288 g/mol. The van der Waals surface area contributed by atoms with Crippen LogP contribution in [-0.4, -0.2) is 24.8 Å². The first-order valence-corrected chi connectivity index (χ1v) is 6.61. The lowest BCUT2D eigenvalue weighted by atomic mass is 10.1. The molecule has 0 unspecified atom stereocenters. The summed E-state index contributed by atoms with van der Waals surface area (Å²) in [5, 5.41) is 12.3. The Kier molecular flexibility index (Phi) is 2.78. The number of pyridine rings is 1. The van der Waals surface area contributed by atoms with E-state index < -0.39 is 11.6 Å². The molecular formula is C15H9F2N5. The first kappa shape index (κ1) is 12.8. The molecule has 0 fully saturated rings. The van der Waals surface area contributed by atoms with Crippen LogP contribution in [0, 0.1) is 11.6 Å². The van der Waals surface area contributed by atoms with E-state index in [4.69, 9.17) is 0 Å². The molecule has 1 aromatic carbocycles. The van der Waals surface area contributed by atoms with Gasteiger partial charge in [-0.1, -0.05) is 0 Å². The number of rotatable bonds is 2. The second-order valence-electron chi connectivity index (χ2n) is 4.81. The molecule has 3 heterocycles. The largest absolute Gasteiger partial charge is 0.256 e. The average Bonchev–Trinajstić information content (AvgIpc) is 2.95. The summed E-state index contributed by atoms with van der Waals surface area (Å²) >= 11 is 0. The van der Waals surface area contributed by atoms with Crippen LogP contribution in [0.15, 0.2) is 42.7 Å². The van der Waals surface area contributed by atoms with E-state index in [9.17, 15) is 8.78 Å². The molecule has 3 aromatic heterocycles. The number of hydrogen-bond donors (Lipinski definition) is 0. The van der Waals surface area contributed by atoms with Crippen LogP contribution in [0.1, 0.15) is 11.4 Å². The summed E-state index contributed by atoms with van der Waals surface area (Å²) < 4.78 is 30.2. The Balaban J connectivity index is 1.88. The van der Waals surface area contributed by atoms with Crippen LogP contribution in [0.3, 0.4) is 0 Å². The molecule has 0 N–H and O–H groups in total. The zero-order valence-electron chi connectivity index (χ0n) is 11.2. The molecule has 0 saturated heterocycles. The lowest BCUT2D eigenvalue weighted by Crippen LogP contribution is -2.04. The molecule has 0 saturated carbocycles. The van der Waals surface area contributed by atoms with E-state index in [2.05, 4.69) is 20.3 Å². The molecule has 4 aromatic rings. The third kappa shape index (κ3) is 1.90. The fraction of sp³-hybridized carbons (Fsp3) is 0.0667. The zero-order valence-corrected chi connectivity index (χ0v) is 11.2. The van der Waals surface area contributed by atoms with Crippen molar-refractivity contribution >= 4 is 16.6 Å².